The number of rotatable bonds is 1. The predicted molar refractivity (Wildman–Crippen MR) is 114 cm³/mol. The Bertz CT molecular complexity index is 846. The SMILES string of the molecule is CN1CCc2c(c(C3=CC(C(C)(C)C)N(C(C)(C)C)C=C3)cn(C)c2=O)C1. The second kappa shape index (κ2) is 6.66. The third-order valence-corrected chi connectivity index (χ3v) is 5.79. The largest absolute Gasteiger partial charge is 0.366 e. The molecule has 0 saturated carbocycles. The summed E-state index contributed by atoms with van der Waals surface area (Å²) in [5, 5.41) is 0. The number of allylic oxidation sites excluding steroid dienone is 2. The second-order valence-electron chi connectivity index (χ2n) is 10.2. The summed E-state index contributed by atoms with van der Waals surface area (Å²) in [7, 11) is 4.01. The molecule has 4 nitrogen and oxygen atoms in total. The molecule has 3 rings (SSSR count). The highest BCUT2D eigenvalue weighted by Crippen LogP contribution is 2.37. The van der Waals surface area contributed by atoms with Gasteiger partial charge in [0.15, 0.2) is 0 Å². The monoisotopic (exact) mass is 369 g/mol. The number of aryl methyl sites for hydroxylation is 1. The van der Waals surface area contributed by atoms with Gasteiger partial charge in [-0.15, -0.1) is 0 Å². The van der Waals surface area contributed by atoms with Gasteiger partial charge < -0.3 is 14.4 Å². The summed E-state index contributed by atoms with van der Waals surface area (Å²) in [5.41, 5.74) is 4.97. The molecule has 0 amide bonds. The molecule has 1 atom stereocenters. The summed E-state index contributed by atoms with van der Waals surface area (Å²) < 4.78 is 1.76. The van der Waals surface area contributed by atoms with Gasteiger partial charge in [-0.05, 0) is 56.9 Å². The third kappa shape index (κ3) is 3.77. The Morgan fingerprint density at radius 3 is 2.30 bits per heavy atom. The standard InChI is InChI=1S/C23H35N3O/c1-22(2,3)20-13-16(9-12-26(20)23(4,5)6)18-15-25(8)21(27)17-10-11-24(7)14-19(17)18/h9,12-13,15,20H,10-11,14H2,1-8H3. The number of nitrogens with zero attached hydrogens (tertiary/aromatic N) is 3. The maximum absolute atomic E-state index is 12.7. The normalized spacial score (nSPS) is 21.3. The fourth-order valence-electron chi connectivity index (χ4n) is 4.22. The lowest BCUT2D eigenvalue weighted by Crippen LogP contribution is -2.50. The van der Waals surface area contributed by atoms with Gasteiger partial charge in [0.2, 0.25) is 0 Å². The summed E-state index contributed by atoms with van der Waals surface area (Å²) in [6.07, 6.45) is 9.74. The average Bonchev–Trinajstić information content (AvgIpc) is 2.56. The van der Waals surface area contributed by atoms with Gasteiger partial charge in [-0.2, -0.15) is 0 Å². The molecule has 3 heterocycles. The van der Waals surface area contributed by atoms with E-state index in [0.717, 1.165) is 25.1 Å². The lowest BCUT2D eigenvalue weighted by Gasteiger charge is -2.47. The van der Waals surface area contributed by atoms with Crippen molar-refractivity contribution in [3.05, 3.63) is 51.6 Å². The highest BCUT2D eigenvalue weighted by Gasteiger charge is 2.35. The molecule has 0 radical (unpaired) electrons. The van der Waals surface area contributed by atoms with Crippen LogP contribution in [-0.2, 0) is 20.0 Å². The van der Waals surface area contributed by atoms with Crippen LogP contribution >= 0.6 is 0 Å². The molecule has 148 valence electrons. The van der Waals surface area contributed by atoms with Gasteiger partial charge in [0.1, 0.15) is 0 Å². The van der Waals surface area contributed by atoms with Gasteiger partial charge in [-0.1, -0.05) is 26.8 Å². The van der Waals surface area contributed by atoms with Gasteiger partial charge >= 0.3 is 0 Å². The van der Waals surface area contributed by atoms with Crippen molar-refractivity contribution >= 4 is 5.57 Å². The number of hydrogen-bond donors (Lipinski definition) is 0. The molecule has 1 aromatic heterocycles. The third-order valence-electron chi connectivity index (χ3n) is 5.79. The molecule has 4 heteroatoms. The van der Waals surface area contributed by atoms with Crippen LogP contribution in [-0.4, -0.2) is 39.5 Å². The van der Waals surface area contributed by atoms with Crippen LogP contribution in [0.25, 0.3) is 5.57 Å². The van der Waals surface area contributed by atoms with Crippen LogP contribution in [0.4, 0.5) is 0 Å². The molecule has 2 aliphatic rings. The summed E-state index contributed by atoms with van der Waals surface area (Å²) in [5.74, 6) is 0. The number of aromatic nitrogens is 1. The minimum atomic E-state index is 0.0552. The predicted octanol–water partition coefficient (Wildman–Crippen LogP) is 3.80. The number of fused-ring (bicyclic) bond motifs is 1. The Morgan fingerprint density at radius 1 is 1.04 bits per heavy atom. The topological polar surface area (TPSA) is 28.5 Å². The molecule has 2 aliphatic heterocycles. The first-order valence-electron chi connectivity index (χ1n) is 9.98. The van der Waals surface area contributed by atoms with Crippen molar-refractivity contribution in [2.24, 2.45) is 12.5 Å². The van der Waals surface area contributed by atoms with E-state index in [0.29, 0.717) is 6.04 Å². The first-order chi connectivity index (χ1) is 12.4. The maximum atomic E-state index is 12.7. The van der Waals surface area contributed by atoms with E-state index in [-0.39, 0.29) is 16.5 Å². The number of pyridine rings is 1. The van der Waals surface area contributed by atoms with Crippen molar-refractivity contribution in [2.45, 2.75) is 66.1 Å². The fraction of sp³-hybridized carbons (Fsp3) is 0.609. The lowest BCUT2D eigenvalue weighted by atomic mass is 9.80. The van der Waals surface area contributed by atoms with Crippen LogP contribution in [0.3, 0.4) is 0 Å². The molecule has 1 aromatic rings. The van der Waals surface area contributed by atoms with Gasteiger partial charge in [0, 0.05) is 49.2 Å². The van der Waals surface area contributed by atoms with Crippen LogP contribution in [0.2, 0.25) is 0 Å². The highest BCUT2D eigenvalue weighted by atomic mass is 16.1. The van der Waals surface area contributed by atoms with Gasteiger partial charge in [0.25, 0.3) is 5.56 Å². The first kappa shape index (κ1) is 19.9. The number of likely N-dealkylation sites (N-methyl/N-ethyl adjacent to an activating group) is 1. The van der Waals surface area contributed by atoms with Crippen molar-refractivity contribution in [1.82, 2.24) is 14.4 Å². The van der Waals surface area contributed by atoms with E-state index in [9.17, 15) is 4.79 Å². The van der Waals surface area contributed by atoms with Crippen molar-refractivity contribution in [3.8, 4) is 0 Å². The van der Waals surface area contributed by atoms with Gasteiger partial charge in [-0.3, -0.25) is 4.79 Å². The Kier molecular flexibility index (Phi) is 4.92. The summed E-state index contributed by atoms with van der Waals surface area (Å²) >= 11 is 0. The van der Waals surface area contributed by atoms with Crippen LogP contribution in [0.1, 0.15) is 58.2 Å². The lowest BCUT2D eigenvalue weighted by molar-refractivity contribution is 0.0982. The van der Waals surface area contributed by atoms with Crippen molar-refractivity contribution in [1.29, 1.82) is 0 Å². The molecule has 0 spiro atoms. The zero-order chi connectivity index (χ0) is 20.1. The molecule has 0 aromatic carbocycles. The van der Waals surface area contributed by atoms with Crippen molar-refractivity contribution < 1.29 is 0 Å². The maximum Gasteiger partial charge on any atom is 0.253 e. The van der Waals surface area contributed by atoms with Crippen LogP contribution in [0, 0.1) is 5.41 Å². The molecular weight excluding hydrogens is 334 g/mol. The molecule has 0 aliphatic carbocycles. The van der Waals surface area contributed by atoms with E-state index in [1.54, 1.807) is 4.57 Å². The highest BCUT2D eigenvalue weighted by molar-refractivity contribution is 5.78. The van der Waals surface area contributed by atoms with Gasteiger partial charge in [0.05, 0.1) is 6.04 Å². The number of hydrogen-bond acceptors (Lipinski definition) is 3. The zero-order valence-corrected chi connectivity index (χ0v) is 18.3. The first-order valence-corrected chi connectivity index (χ1v) is 9.98. The summed E-state index contributed by atoms with van der Waals surface area (Å²) in [6, 6.07) is 0.298. The van der Waals surface area contributed by atoms with E-state index in [4.69, 9.17) is 0 Å². The minimum absolute atomic E-state index is 0.0552. The Balaban J connectivity index is 2.15. The molecule has 1 unspecified atom stereocenters. The van der Waals surface area contributed by atoms with Crippen molar-refractivity contribution in [2.75, 3.05) is 13.6 Å². The average molecular weight is 370 g/mol. The quantitative estimate of drug-likeness (QED) is 0.754. The molecule has 0 bridgehead atoms. The fourth-order valence-corrected chi connectivity index (χ4v) is 4.22. The molecule has 27 heavy (non-hydrogen) atoms. The van der Waals surface area contributed by atoms with E-state index < -0.39 is 0 Å². The molecule has 0 saturated heterocycles. The van der Waals surface area contributed by atoms with Crippen LogP contribution in [0.5, 0.6) is 0 Å². The smallest absolute Gasteiger partial charge is 0.253 e. The van der Waals surface area contributed by atoms with Crippen LogP contribution < -0.4 is 5.56 Å². The Morgan fingerprint density at radius 2 is 1.70 bits per heavy atom. The molecular formula is C23H35N3O. The van der Waals surface area contributed by atoms with Gasteiger partial charge in [-0.25, -0.2) is 0 Å². The molecule has 0 N–H and O–H groups in total. The Labute approximate surface area is 164 Å². The minimum Gasteiger partial charge on any atom is -0.366 e. The summed E-state index contributed by atoms with van der Waals surface area (Å²) in [4.78, 5) is 17.4. The zero-order valence-electron chi connectivity index (χ0n) is 18.3. The van der Waals surface area contributed by atoms with E-state index in [1.165, 1.54) is 16.7 Å². The Hall–Kier alpha value is -1.81. The van der Waals surface area contributed by atoms with Crippen LogP contribution in [0.15, 0.2) is 29.3 Å². The second-order valence-corrected chi connectivity index (χ2v) is 10.2. The molecule has 0 fully saturated rings. The van der Waals surface area contributed by atoms with E-state index in [2.05, 4.69) is 76.7 Å². The van der Waals surface area contributed by atoms with E-state index >= 15 is 0 Å². The van der Waals surface area contributed by atoms with Crippen molar-refractivity contribution in [3.63, 3.8) is 0 Å². The van der Waals surface area contributed by atoms with E-state index in [1.807, 2.05) is 13.2 Å². The summed E-state index contributed by atoms with van der Waals surface area (Å²) in [6.45, 7) is 15.5.